The van der Waals surface area contributed by atoms with Crippen molar-refractivity contribution in [1.29, 1.82) is 0 Å². The maximum absolute atomic E-state index is 12.3. The first kappa shape index (κ1) is 12.7. The molecular formula is C16H20O3. The molecule has 2 saturated carbocycles. The van der Waals surface area contributed by atoms with Crippen LogP contribution in [0.4, 0.5) is 0 Å². The van der Waals surface area contributed by atoms with Gasteiger partial charge >= 0.3 is 5.97 Å². The van der Waals surface area contributed by atoms with E-state index in [-0.39, 0.29) is 11.9 Å². The average Bonchev–Trinajstić information content (AvgIpc) is 3.08. The molecule has 0 heterocycles. The number of hydrogen-bond donors (Lipinski definition) is 1. The van der Waals surface area contributed by atoms with Gasteiger partial charge in [-0.05, 0) is 24.8 Å². The van der Waals surface area contributed by atoms with Crippen LogP contribution in [0, 0.1) is 5.41 Å². The van der Waals surface area contributed by atoms with Gasteiger partial charge in [0.15, 0.2) is 0 Å². The molecule has 0 amide bonds. The number of benzene rings is 1. The number of methoxy groups -OCH3 is 1. The maximum atomic E-state index is 12.3. The molecule has 2 aliphatic carbocycles. The lowest BCUT2D eigenvalue weighted by Crippen LogP contribution is -2.43. The van der Waals surface area contributed by atoms with Crippen LogP contribution in [-0.2, 0) is 9.53 Å². The molecule has 2 fully saturated rings. The summed E-state index contributed by atoms with van der Waals surface area (Å²) in [5, 5.41) is 10.9. The van der Waals surface area contributed by atoms with Crippen LogP contribution in [0.3, 0.4) is 0 Å². The van der Waals surface area contributed by atoms with Crippen LogP contribution < -0.4 is 0 Å². The quantitative estimate of drug-likeness (QED) is 0.850. The van der Waals surface area contributed by atoms with E-state index in [1.165, 1.54) is 7.11 Å². The standard InChI is InChI=1S/C16H20O3/c1-19-14(17)16(15(18)9-5-6-10-15)11-13(16)12-7-3-2-4-8-12/h2-4,7-8,13,18H,5-6,9-11H2,1H3/t13-,16+/m1/s1. The summed E-state index contributed by atoms with van der Waals surface area (Å²) in [7, 11) is 1.42. The first-order valence-electron chi connectivity index (χ1n) is 7.00. The topological polar surface area (TPSA) is 46.5 Å². The number of esters is 1. The van der Waals surface area contributed by atoms with Gasteiger partial charge in [-0.1, -0.05) is 43.2 Å². The Kier molecular flexibility index (Phi) is 2.90. The Hall–Kier alpha value is -1.35. The second-order valence-electron chi connectivity index (χ2n) is 5.87. The summed E-state index contributed by atoms with van der Waals surface area (Å²) in [5.74, 6) is -0.144. The lowest BCUT2D eigenvalue weighted by atomic mass is 9.79. The van der Waals surface area contributed by atoms with Gasteiger partial charge in [0.05, 0.1) is 12.7 Å². The molecule has 1 aromatic carbocycles. The number of hydrogen-bond acceptors (Lipinski definition) is 3. The molecule has 0 bridgehead atoms. The number of ether oxygens (including phenoxy) is 1. The minimum absolute atomic E-state index is 0.101. The Morgan fingerprint density at radius 2 is 1.89 bits per heavy atom. The van der Waals surface area contributed by atoms with E-state index in [1.807, 2.05) is 30.3 Å². The number of rotatable bonds is 3. The van der Waals surface area contributed by atoms with Crippen LogP contribution in [0.5, 0.6) is 0 Å². The lowest BCUT2D eigenvalue weighted by Gasteiger charge is -2.32. The van der Waals surface area contributed by atoms with E-state index in [0.717, 1.165) is 18.4 Å². The Balaban J connectivity index is 1.96. The third-order valence-corrected chi connectivity index (χ3v) is 4.97. The van der Waals surface area contributed by atoms with Crippen molar-refractivity contribution in [3.8, 4) is 0 Å². The SMILES string of the molecule is COC(=O)[C@]1(C2(O)CCCC2)C[C@@H]1c1ccccc1. The van der Waals surface area contributed by atoms with Crippen molar-refractivity contribution in [3.63, 3.8) is 0 Å². The highest BCUT2D eigenvalue weighted by atomic mass is 16.5. The average molecular weight is 260 g/mol. The molecule has 19 heavy (non-hydrogen) atoms. The monoisotopic (exact) mass is 260 g/mol. The summed E-state index contributed by atoms with van der Waals surface area (Å²) in [4.78, 5) is 12.3. The van der Waals surface area contributed by atoms with Crippen LogP contribution in [0.15, 0.2) is 30.3 Å². The normalized spacial score (nSPS) is 32.0. The molecule has 0 spiro atoms. The molecule has 0 aromatic heterocycles. The maximum Gasteiger partial charge on any atom is 0.315 e. The van der Waals surface area contributed by atoms with Crippen LogP contribution >= 0.6 is 0 Å². The molecule has 1 aromatic rings. The number of carbonyl (C=O) groups excluding carboxylic acids is 1. The lowest BCUT2D eigenvalue weighted by molar-refractivity contribution is -0.159. The second-order valence-corrected chi connectivity index (χ2v) is 5.87. The first-order valence-corrected chi connectivity index (χ1v) is 7.00. The highest BCUT2D eigenvalue weighted by Crippen LogP contribution is 2.68. The van der Waals surface area contributed by atoms with Crippen LogP contribution in [0.2, 0.25) is 0 Å². The number of carbonyl (C=O) groups is 1. The third kappa shape index (κ3) is 1.71. The molecule has 2 aliphatic rings. The summed E-state index contributed by atoms with van der Waals surface area (Å²) in [5.41, 5.74) is -0.451. The first-order chi connectivity index (χ1) is 9.14. The van der Waals surface area contributed by atoms with Crippen molar-refractivity contribution in [2.24, 2.45) is 5.41 Å². The van der Waals surface area contributed by atoms with E-state index in [4.69, 9.17) is 4.74 Å². The van der Waals surface area contributed by atoms with Gasteiger partial charge in [-0.15, -0.1) is 0 Å². The molecule has 2 atom stereocenters. The van der Waals surface area contributed by atoms with E-state index in [2.05, 4.69) is 0 Å². The third-order valence-electron chi connectivity index (χ3n) is 4.97. The summed E-state index contributed by atoms with van der Waals surface area (Å²) < 4.78 is 5.01. The van der Waals surface area contributed by atoms with Gasteiger partial charge in [-0.3, -0.25) is 4.79 Å². The minimum Gasteiger partial charge on any atom is -0.468 e. The molecule has 3 heteroatoms. The van der Waals surface area contributed by atoms with Crippen molar-refractivity contribution in [2.75, 3.05) is 7.11 Å². The fraction of sp³-hybridized carbons (Fsp3) is 0.562. The van der Waals surface area contributed by atoms with E-state index in [1.54, 1.807) is 0 Å². The molecule has 3 rings (SSSR count). The Morgan fingerprint density at radius 1 is 1.26 bits per heavy atom. The van der Waals surface area contributed by atoms with Crippen molar-refractivity contribution < 1.29 is 14.6 Å². The molecule has 102 valence electrons. The van der Waals surface area contributed by atoms with Crippen LogP contribution in [0.1, 0.15) is 43.6 Å². The van der Waals surface area contributed by atoms with Crippen LogP contribution in [0.25, 0.3) is 0 Å². The highest BCUT2D eigenvalue weighted by molar-refractivity contribution is 5.84. The highest BCUT2D eigenvalue weighted by Gasteiger charge is 2.72. The Bertz CT molecular complexity index is 476. The van der Waals surface area contributed by atoms with E-state index in [0.29, 0.717) is 19.3 Å². The Morgan fingerprint density at radius 3 is 2.47 bits per heavy atom. The van der Waals surface area contributed by atoms with E-state index >= 15 is 0 Å². The van der Waals surface area contributed by atoms with Gasteiger partial charge in [0.25, 0.3) is 0 Å². The summed E-state index contributed by atoms with van der Waals surface area (Å²) in [6.07, 6.45) is 4.13. The second kappa shape index (κ2) is 4.34. The molecule has 0 unspecified atom stereocenters. The molecule has 3 nitrogen and oxygen atoms in total. The molecule has 0 aliphatic heterocycles. The van der Waals surface area contributed by atoms with Crippen LogP contribution in [-0.4, -0.2) is 23.8 Å². The summed E-state index contributed by atoms with van der Waals surface area (Å²) >= 11 is 0. The fourth-order valence-electron chi connectivity index (χ4n) is 3.87. The van der Waals surface area contributed by atoms with Crippen molar-refractivity contribution >= 4 is 5.97 Å². The Labute approximate surface area is 113 Å². The van der Waals surface area contributed by atoms with E-state index in [9.17, 15) is 9.90 Å². The predicted octanol–water partition coefficient (Wildman–Crippen LogP) is 2.64. The predicted molar refractivity (Wildman–Crippen MR) is 71.7 cm³/mol. The van der Waals surface area contributed by atoms with Gasteiger partial charge in [0.1, 0.15) is 5.41 Å². The molecular weight excluding hydrogens is 240 g/mol. The van der Waals surface area contributed by atoms with Gasteiger partial charge in [-0.25, -0.2) is 0 Å². The number of aliphatic hydroxyl groups is 1. The fourth-order valence-corrected chi connectivity index (χ4v) is 3.87. The zero-order chi connectivity index (χ0) is 13.5. The smallest absolute Gasteiger partial charge is 0.315 e. The molecule has 0 saturated heterocycles. The van der Waals surface area contributed by atoms with E-state index < -0.39 is 11.0 Å². The summed E-state index contributed by atoms with van der Waals surface area (Å²) in [6, 6.07) is 10.0. The zero-order valence-corrected chi connectivity index (χ0v) is 11.3. The largest absolute Gasteiger partial charge is 0.468 e. The van der Waals surface area contributed by atoms with Crippen molar-refractivity contribution in [3.05, 3.63) is 35.9 Å². The van der Waals surface area contributed by atoms with Gasteiger partial charge < -0.3 is 9.84 Å². The van der Waals surface area contributed by atoms with Crippen molar-refractivity contribution in [1.82, 2.24) is 0 Å². The zero-order valence-electron chi connectivity index (χ0n) is 11.3. The summed E-state index contributed by atoms with van der Waals surface area (Å²) in [6.45, 7) is 0. The van der Waals surface area contributed by atoms with Gasteiger partial charge in [-0.2, -0.15) is 0 Å². The van der Waals surface area contributed by atoms with Gasteiger partial charge in [0, 0.05) is 5.92 Å². The molecule has 1 N–H and O–H groups in total. The minimum atomic E-state index is -0.874. The molecule has 0 radical (unpaired) electrons. The van der Waals surface area contributed by atoms with Gasteiger partial charge in [0.2, 0.25) is 0 Å². The van der Waals surface area contributed by atoms with Crippen molar-refractivity contribution in [2.45, 2.75) is 43.6 Å².